The summed E-state index contributed by atoms with van der Waals surface area (Å²) in [6.45, 7) is 1.99. The lowest BCUT2D eigenvalue weighted by molar-refractivity contribution is -0.179. The van der Waals surface area contributed by atoms with Gasteiger partial charge in [-0.2, -0.15) is 9.57 Å². The van der Waals surface area contributed by atoms with Crippen LogP contribution in [0, 0.1) is 11.3 Å². The minimum absolute atomic E-state index is 0.394. The highest BCUT2D eigenvalue weighted by molar-refractivity contribution is 7.93. The fraction of sp³-hybridized carbons (Fsp3) is 0.643. The van der Waals surface area contributed by atoms with Gasteiger partial charge in [-0.15, -0.1) is 0 Å². The molecule has 0 bridgehead atoms. The summed E-state index contributed by atoms with van der Waals surface area (Å²) in [6, 6.07) is 2.06. The van der Waals surface area contributed by atoms with Crippen LogP contribution in [0.3, 0.4) is 0 Å². The molecule has 0 aromatic rings. The van der Waals surface area contributed by atoms with Crippen molar-refractivity contribution in [1.82, 2.24) is 4.31 Å². The SMILES string of the molecule is N#CC1=CC=C(S(=O)(=O)N2CCC3(CC2)OCCO3)CC1. The molecule has 114 valence electrons. The number of rotatable bonds is 2. The summed E-state index contributed by atoms with van der Waals surface area (Å²) < 4.78 is 37.9. The second-order valence-electron chi connectivity index (χ2n) is 5.45. The number of hydrogen-bond acceptors (Lipinski definition) is 5. The van der Waals surface area contributed by atoms with Gasteiger partial charge in [-0.25, -0.2) is 8.42 Å². The summed E-state index contributed by atoms with van der Waals surface area (Å²) >= 11 is 0. The summed E-state index contributed by atoms with van der Waals surface area (Å²) in [6.07, 6.45) is 5.19. The van der Waals surface area contributed by atoms with E-state index in [0.29, 0.717) is 62.5 Å². The highest BCUT2D eigenvalue weighted by Crippen LogP contribution is 2.34. The molecule has 2 heterocycles. The van der Waals surface area contributed by atoms with Gasteiger partial charge < -0.3 is 9.47 Å². The molecule has 0 aromatic heterocycles. The predicted octanol–water partition coefficient (Wildman–Crippen LogP) is 1.28. The molecule has 1 aliphatic carbocycles. The number of piperidine rings is 1. The normalized spacial score (nSPS) is 26.2. The molecule has 7 heteroatoms. The molecule has 0 N–H and O–H groups in total. The number of hydrogen-bond donors (Lipinski definition) is 0. The Bertz CT molecular complexity index is 614. The first-order valence-electron chi connectivity index (χ1n) is 7.14. The van der Waals surface area contributed by atoms with Crippen molar-refractivity contribution >= 4 is 10.0 Å². The fourth-order valence-electron chi connectivity index (χ4n) is 2.94. The van der Waals surface area contributed by atoms with Crippen LogP contribution in [0.5, 0.6) is 0 Å². The summed E-state index contributed by atoms with van der Waals surface area (Å²) in [5, 5.41) is 8.81. The van der Waals surface area contributed by atoms with Crippen LogP contribution in [0.15, 0.2) is 22.6 Å². The average molecular weight is 310 g/mol. The Labute approximate surface area is 124 Å². The number of allylic oxidation sites excluding steroid dienone is 4. The Morgan fingerprint density at radius 2 is 1.81 bits per heavy atom. The van der Waals surface area contributed by atoms with E-state index in [1.165, 1.54) is 4.31 Å². The number of sulfonamides is 1. The first kappa shape index (κ1) is 14.7. The number of nitrogens with zero attached hydrogens (tertiary/aromatic N) is 2. The Kier molecular flexibility index (Phi) is 3.88. The van der Waals surface area contributed by atoms with Gasteiger partial charge in [-0.05, 0) is 25.0 Å². The third kappa shape index (κ3) is 2.77. The van der Waals surface area contributed by atoms with Gasteiger partial charge in [-0.3, -0.25) is 0 Å². The van der Waals surface area contributed by atoms with E-state index >= 15 is 0 Å². The van der Waals surface area contributed by atoms with E-state index < -0.39 is 15.8 Å². The Morgan fingerprint density at radius 1 is 1.14 bits per heavy atom. The molecule has 1 spiro atoms. The van der Waals surface area contributed by atoms with Gasteiger partial charge >= 0.3 is 0 Å². The van der Waals surface area contributed by atoms with Gasteiger partial charge in [0.15, 0.2) is 5.79 Å². The van der Waals surface area contributed by atoms with Crippen LogP contribution in [0.25, 0.3) is 0 Å². The van der Waals surface area contributed by atoms with Crippen molar-refractivity contribution in [2.24, 2.45) is 0 Å². The van der Waals surface area contributed by atoms with E-state index in [0.717, 1.165) is 0 Å². The van der Waals surface area contributed by atoms with Gasteiger partial charge in [0.1, 0.15) is 0 Å². The Morgan fingerprint density at radius 3 is 2.33 bits per heavy atom. The first-order valence-corrected chi connectivity index (χ1v) is 8.58. The molecular formula is C14H18N2O4S. The maximum atomic E-state index is 12.6. The lowest BCUT2D eigenvalue weighted by Crippen LogP contribution is -2.47. The van der Waals surface area contributed by atoms with Crippen molar-refractivity contribution < 1.29 is 17.9 Å². The van der Waals surface area contributed by atoms with E-state index in [1.807, 2.05) is 0 Å². The number of nitriles is 1. The Balaban J connectivity index is 1.71. The van der Waals surface area contributed by atoms with E-state index in [-0.39, 0.29) is 0 Å². The molecule has 2 fully saturated rings. The van der Waals surface area contributed by atoms with Crippen LogP contribution in [-0.4, -0.2) is 44.8 Å². The van der Waals surface area contributed by atoms with Crippen molar-refractivity contribution in [3.8, 4) is 6.07 Å². The maximum absolute atomic E-state index is 12.6. The molecule has 0 unspecified atom stereocenters. The zero-order chi connectivity index (χ0) is 14.9. The first-order chi connectivity index (χ1) is 10.1. The van der Waals surface area contributed by atoms with Crippen molar-refractivity contribution in [2.75, 3.05) is 26.3 Å². The third-order valence-corrected chi connectivity index (χ3v) is 6.27. The lowest BCUT2D eigenvalue weighted by Gasteiger charge is -2.37. The molecule has 6 nitrogen and oxygen atoms in total. The van der Waals surface area contributed by atoms with Crippen LogP contribution in [0.2, 0.25) is 0 Å². The largest absolute Gasteiger partial charge is 0.347 e. The molecule has 0 saturated carbocycles. The number of ether oxygens (including phenoxy) is 2. The molecule has 0 amide bonds. The van der Waals surface area contributed by atoms with E-state index in [1.54, 1.807) is 12.2 Å². The second kappa shape index (κ2) is 5.54. The maximum Gasteiger partial charge on any atom is 0.239 e. The molecular weight excluding hydrogens is 292 g/mol. The summed E-state index contributed by atoms with van der Waals surface area (Å²) in [4.78, 5) is 0.394. The van der Waals surface area contributed by atoms with Crippen LogP contribution in [0.4, 0.5) is 0 Å². The second-order valence-corrected chi connectivity index (χ2v) is 7.44. The van der Waals surface area contributed by atoms with Crippen molar-refractivity contribution in [3.63, 3.8) is 0 Å². The fourth-order valence-corrected chi connectivity index (χ4v) is 4.54. The predicted molar refractivity (Wildman–Crippen MR) is 75.4 cm³/mol. The van der Waals surface area contributed by atoms with Crippen molar-refractivity contribution in [1.29, 1.82) is 5.26 Å². The van der Waals surface area contributed by atoms with Gasteiger partial charge in [0.25, 0.3) is 0 Å². The minimum atomic E-state index is -3.43. The zero-order valence-electron chi connectivity index (χ0n) is 11.7. The van der Waals surface area contributed by atoms with Gasteiger partial charge in [0, 0.05) is 31.5 Å². The molecule has 3 rings (SSSR count). The average Bonchev–Trinajstić information content (AvgIpc) is 2.96. The van der Waals surface area contributed by atoms with Crippen molar-refractivity contribution in [3.05, 3.63) is 22.6 Å². The van der Waals surface area contributed by atoms with Crippen LogP contribution in [0.1, 0.15) is 25.7 Å². The smallest absolute Gasteiger partial charge is 0.239 e. The van der Waals surface area contributed by atoms with Gasteiger partial charge in [0.2, 0.25) is 10.0 Å². The highest BCUT2D eigenvalue weighted by Gasteiger charge is 2.43. The molecule has 3 aliphatic rings. The van der Waals surface area contributed by atoms with E-state index in [9.17, 15) is 8.42 Å². The third-order valence-electron chi connectivity index (χ3n) is 4.22. The van der Waals surface area contributed by atoms with Gasteiger partial charge in [0.05, 0.1) is 24.2 Å². The topological polar surface area (TPSA) is 79.6 Å². The van der Waals surface area contributed by atoms with Crippen LogP contribution in [-0.2, 0) is 19.5 Å². The summed E-state index contributed by atoms with van der Waals surface area (Å²) in [7, 11) is -3.43. The molecule has 21 heavy (non-hydrogen) atoms. The molecule has 0 atom stereocenters. The van der Waals surface area contributed by atoms with Gasteiger partial charge in [-0.1, -0.05) is 0 Å². The Hall–Kier alpha value is -1.20. The molecule has 2 aliphatic heterocycles. The lowest BCUT2D eigenvalue weighted by atomic mass is 10.1. The highest BCUT2D eigenvalue weighted by atomic mass is 32.2. The zero-order valence-corrected chi connectivity index (χ0v) is 12.6. The molecule has 2 saturated heterocycles. The summed E-state index contributed by atoms with van der Waals surface area (Å²) in [5.41, 5.74) is 0.624. The van der Waals surface area contributed by atoms with E-state index in [2.05, 4.69) is 6.07 Å². The van der Waals surface area contributed by atoms with E-state index in [4.69, 9.17) is 14.7 Å². The quantitative estimate of drug-likeness (QED) is 0.767. The standard InChI is InChI=1S/C14H18N2O4S/c15-11-12-1-3-13(4-2-12)21(17,18)16-7-5-14(6-8-16)19-9-10-20-14/h1,3H,2,4-10H2. The molecule has 0 radical (unpaired) electrons. The van der Waals surface area contributed by atoms with Crippen LogP contribution >= 0.6 is 0 Å². The van der Waals surface area contributed by atoms with Crippen molar-refractivity contribution in [2.45, 2.75) is 31.5 Å². The summed E-state index contributed by atoms with van der Waals surface area (Å²) in [5.74, 6) is -0.569. The van der Waals surface area contributed by atoms with Crippen LogP contribution < -0.4 is 0 Å². The molecule has 0 aromatic carbocycles. The minimum Gasteiger partial charge on any atom is -0.347 e. The monoisotopic (exact) mass is 310 g/mol.